The lowest BCUT2D eigenvalue weighted by Crippen LogP contribution is -2.35. The van der Waals surface area contributed by atoms with Gasteiger partial charge in [-0.3, -0.25) is 0 Å². The van der Waals surface area contributed by atoms with Gasteiger partial charge < -0.3 is 10.6 Å². The molecule has 0 bridgehead atoms. The van der Waals surface area contributed by atoms with Crippen molar-refractivity contribution in [2.24, 2.45) is 11.7 Å². The molecule has 100 valence electrons. The van der Waals surface area contributed by atoms with Gasteiger partial charge in [0, 0.05) is 6.04 Å². The van der Waals surface area contributed by atoms with Gasteiger partial charge >= 0.3 is 0 Å². The van der Waals surface area contributed by atoms with E-state index in [0.29, 0.717) is 4.99 Å². The Morgan fingerprint density at radius 1 is 1.24 bits per heavy atom. The third-order valence-corrected chi connectivity index (χ3v) is 4.41. The highest BCUT2D eigenvalue weighted by atomic mass is 32.1. The maximum atomic E-state index is 5.50. The lowest BCUT2D eigenvalue weighted by atomic mass is 9.84. The Hall–Kier alpha value is -0.150. The summed E-state index contributed by atoms with van der Waals surface area (Å²) in [6.07, 6.45) is 10.3. The summed E-state index contributed by atoms with van der Waals surface area (Å²) in [5.74, 6) is 0.995. The SMILES string of the molecule is CCC1CCC(N(C)CCCCC(N)=S)CC1. The van der Waals surface area contributed by atoms with E-state index in [9.17, 15) is 0 Å². The molecule has 0 saturated heterocycles. The van der Waals surface area contributed by atoms with Crippen LogP contribution < -0.4 is 5.73 Å². The van der Waals surface area contributed by atoms with Crippen LogP contribution in [0.1, 0.15) is 58.3 Å². The van der Waals surface area contributed by atoms with E-state index in [2.05, 4.69) is 18.9 Å². The van der Waals surface area contributed by atoms with Crippen LogP contribution in [0.15, 0.2) is 0 Å². The number of hydrogen-bond acceptors (Lipinski definition) is 2. The summed E-state index contributed by atoms with van der Waals surface area (Å²) in [6, 6.07) is 0.822. The molecule has 0 aromatic heterocycles. The number of rotatable bonds is 7. The monoisotopic (exact) mass is 256 g/mol. The van der Waals surface area contributed by atoms with E-state index in [1.54, 1.807) is 0 Å². The summed E-state index contributed by atoms with van der Waals surface area (Å²) in [4.78, 5) is 3.21. The zero-order valence-corrected chi connectivity index (χ0v) is 12.3. The first-order valence-corrected chi connectivity index (χ1v) is 7.52. The number of nitrogens with two attached hydrogens (primary N) is 1. The predicted octanol–water partition coefficient (Wildman–Crippen LogP) is 3.34. The molecule has 0 amide bonds. The first kappa shape index (κ1) is 14.9. The average molecular weight is 256 g/mol. The quantitative estimate of drug-likeness (QED) is 0.559. The fourth-order valence-electron chi connectivity index (χ4n) is 2.84. The molecule has 1 aliphatic rings. The minimum Gasteiger partial charge on any atom is -0.393 e. The number of thiocarbonyl (C=S) groups is 1. The molecule has 1 aliphatic carbocycles. The normalized spacial score (nSPS) is 25.1. The molecule has 3 heteroatoms. The molecule has 1 fully saturated rings. The third-order valence-electron chi connectivity index (χ3n) is 4.20. The summed E-state index contributed by atoms with van der Waals surface area (Å²) in [5.41, 5.74) is 5.50. The minimum absolute atomic E-state index is 0.663. The second-order valence-corrected chi connectivity index (χ2v) is 6.01. The molecule has 1 rings (SSSR count). The molecule has 0 aromatic rings. The van der Waals surface area contributed by atoms with Gasteiger partial charge in [-0.2, -0.15) is 0 Å². The number of unbranched alkanes of at least 4 members (excludes halogenated alkanes) is 1. The summed E-state index contributed by atoms with van der Waals surface area (Å²) >= 11 is 4.89. The van der Waals surface area contributed by atoms with Crippen molar-refractivity contribution in [3.63, 3.8) is 0 Å². The van der Waals surface area contributed by atoms with E-state index >= 15 is 0 Å². The van der Waals surface area contributed by atoms with E-state index in [1.807, 2.05) is 0 Å². The van der Waals surface area contributed by atoms with Crippen LogP contribution in [-0.4, -0.2) is 29.5 Å². The molecule has 0 aliphatic heterocycles. The molecule has 0 unspecified atom stereocenters. The lowest BCUT2D eigenvalue weighted by Gasteiger charge is -2.34. The van der Waals surface area contributed by atoms with Crippen LogP contribution in [0.25, 0.3) is 0 Å². The van der Waals surface area contributed by atoms with Crippen molar-refractivity contribution in [1.82, 2.24) is 4.90 Å². The van der Waals surface area contributed by atoms with Crippen LogP contribution in [0.2, 0.25) is 0 Å². The Balaban J connectivity index is 2.11. The Kier molecular flexibility index (Phi) is 7.05. The van der Waals surface area contributed by atoms with Crippen molar-refractivity contribution in [3.8, 4) is 0 Å². The standard InChI is InChI=1S/C14H28N2S/c1-3-12-7-9-13(10-8-12)16(2)11-5-4-6-14(15)17/h12-13H,3-11H2,1-2H3,(H2,15,17). The average Bonchev–Trinajstić information content (AvgIpc) is 2.34. The second-order valence-electron chi connectivity index (χ2n) is 5.49. The molecule has 0 atom stereocenters. The highest BCUT2D eigenvalue weighted by molar-refractivity contribution is 7.80. The van der Waals surface area contributed by atoms with Crippen LogP contribution in [0.3, 0.4) is 0 Å². The van der Waals surface area contributed by atoms with E-state index in [-0.39, 0.29) is 0 Å². The van der Waals surface area contributed by atoms with Crippen molar-refractivity contribution in [2.45, 2.75) is 64.3 Å². The van der Waals surface area contributed by atoms with Crippen LogP contribution in [0.5, 0.6) is 0 Å². The molecule has 0 aromatic carbocycles. The maximum Gasteiger partial charge on any atom is 0.0727 e. The zero-order valence-electron chi connectivity index (χ0n) is 11.5. The molecule has 0 heterocycles. The molecule has 1 saturated carbocycles. The summed E-state index contributed by atoms with van der Waals surface area (Å²) in [5, 5.41) is 0. The summed E-state index contributed by atoms with van der Waals surface area (Å²) in [7, 11) is 2.28. The van der Waals surface area contributed by atoms with Gasteiger partial charge in [0.15, 0.2) is 0 Å². The maximum absolute atomic E-state index is 5.50. The van der Waals surface area contributed by atoms with Gasteiger partial charge in [0.25, 0.3) is 0 Å². The Labute approximate surface area is 112 Å². The topological polar surface area (TPSA) is 29.3 Å². The van der Waals surface area contributed by atoms with Crippen LogP contribution in [0.4, 0.5) is 0 Å². The van der Waals surface area contributed by atoms with E-state index < -0.39 is 0 Å². The van der Waals surface area contributed by atoms with Crippen LogP contribution in [-0.2, 0) is 0 Å². The molecule has 2 N–H and O–H groups in total. The predicted molar refractivity (Wildman–Crippen MR) is 79.3 cm³/mol. The van der Waals surface area contributed by atoms with Gasteiger partial charge in [-0.25, -0.2) is 0 Å². The Bertz CT molecular complexity index is 222. The first-order valence-electron chi connectivity index (χ1n) is 7.12. The molecule has 2 nitrogen and oxygen atoms in total. The molecule has 0 spiro atoms. The molecule has 17 heavy (non-hydrogen) atoms. The van der Waals surface area contributed by atoms with Crippen molar-refractivity contribution in [2.75, 3.05) is 13.6 Å². The van der Waals surface area contributed by atoms with E-state index in [1.165, 1.54) is 45.1 Å². The van der Waals surface area contributed by atoms with Gasteiger partial charge in [0.05, 0.1) is 4.99 Å². The van der Waals surface area contributed by atoms with Crippen molar-refractivity contribution >= 4 is 17.2 Å². The van der Waals surface area contributed by atoms with Gasteiger partial charge in [-0.1, -0.05) is 25.6 Å². The molecule has 0 radical (unpaired) electrons. The smallest absolute Gasteiger partial charge is 0.0727 e. The number of nitrogens with zero attached hydrogens (tertiary/aromatic N) is 1. The third kappa shape index (κ3) is 5.82. The van der Waals surface area contributed by atoms with Crippen LogP contribution >= 0.6 is 12.2 Å². The van der Waals surface area contributed by atoms with E-state index in [0.717, 1.165) is 24.8 Å². The number of hydrogen-bond donors (Lipinski definition) is 1. The largest absolute Gasteiger partial charge is 0.393 e. The highest BCUT2D eigenvalue weighted by Gasteiger charge is 2.22. The van der Waals surface area contributed by atoms with Crippen molar-refractivity contribution in [1.29, 1.82) is 0 Å². The fourth-order valence-corrected chi connectivity index (χ4v) is 2.98. The van der Waals surface area contributed by atoms with Crippen LogP contribution in [0, 0.1) is 5.92 Å². The highest BCUT2D eigenvalue weighted by Crippen LogP contribution is 2.28. The Morgan fingerprint density at radius 3 is 2.41 bits per heavy atom. The van der Waals surface area contributed by atoms with Gasteiger partial charge in [-0.15, -0.1) is 0 Å². The van der Waals surface area contributed by atoms with Gasteiger partial charge in [0.1, 0.15) is 0 Å². The second kappa shape index (κ2) is 8.04. The minimum atomic E-state index is 0.663. The zero-order chi connectivity index (χ0) is 12.7. The summed E-state index contributed by atoms with van der Waals surface area (Å²) < 4.78 is 0. The van der Waals surface area contributed by atoms with Crippen molar-refractivity contribution < 1.29 is 0 Å². The van der Waals surface area contributed by atoms with Crippen molar-refractivity contribution in [3.05, 3.63) is 0 Å². The van der Waals surface area contributed by atoms with Gasteiger partial charge in [0.2, 0.25) is 0 Å². The molecular weight excluding hydrogens is 228 g/mol. The molecular formula is C14H28N2S. The fraction of sp³-hybridized carbons (Fsp3) is 0.929. The summed E-state index contributed by atoms with van der Waals surface area (Å²) in [6.45, 7) is 3.52. The van der Waals surface area contributed by atoms with E-state index in [4.69, 9.17) is 18.0 Å². The Morgan fingerprint density at radius 2 is 1.88 bits per heavy atom. The first-order chi connectivity index (χ1) is 8.13. The van der Waals surface area contributed by atoms with Gasteiger partial charge in [-0.05, 0) is 64.5 Å². The lowest BCUT2D eigenvalue weighted by molar-refractivity contribution is 0.162.